The van der Waals surface area contributed by atoms with Crippen LogP contribution in [0.2, 0.25) is 0 Å². The van der Waals surface area contributed by atoms with Crippen molar-refractivity contribution in [2.75, 3.05) is 20.1 Å². The van der Waals surface area contributed by atoms with Crippen molar-refractivity contribution in [2.45, 2.75) is 31.2 Å². The van der Waals surface area contributed by atoms with Crippen LogP contribution in [0.4, 0.5) is 0 Å². The number of hydrogen-bond acceptors (Lipinski definition) is 4. The highest BCUT2D eigenvalue weighted by atomic mass is 32.2. The number of pyridine rings is 1. The molecule has 2 fully saturated rings. The quantitative estimate of drug-likeness (QED) is 0.774. The number of aromatic nitrogens is 1. The molecule has 6 nitrogen and oxygen atoms in total. The molecule has 0 unspecified atom stereocenters. The van der Waals surface area contributed by atoms with Gasteiger partial charge >= 0.3 is 0 Å². The van der Waals surface area contributed by atoms with Crippen LogP contribution in [0.25, 0.3) is 0 Å². The summed E-state index contributed by atoms with van der Waals surface area (Å²) in [5.41, 5.74) is 1.57. The molecule has 1 saturated heterocycles. The van der Waals surface area contributed by atoms with Gasteiger partial charge in [0.25, 0.3) is 0 Å². The molecule has 2 heterocycles. The van der Waals surface area contributed by atoms with Crippen LogP contribution in [0.15, 0.2) is 53.6 Å². The molecule has 2 aromatic rings. The maximum Gasteiger partial charge on any atom is 0.243 e. The van der Waals surface area contributed by atoms with Gasteiger partial charge in [-0.05, 0) is 55.0 Å². The van der Waals surface area contributed by atoms with Gasteiger partial charge in [-0.25, -0.2) is 8.42 Å². The zero-order valence-electron chi connectivity index (χ0n) is 16.2. The summed E-state index contributed by atoms with van der Waals surface area (Å²) in [7, 11) is -1.72. The summed E-state index contributed by atoms with van der Waals surface area (Å²) >= 11 is 0. The Morgan fingerprint density at radius 2 is 2.11 bits per heavy atom. The molecule has 1 aromatic heterocycles. The van der Waals surface area contributed by atoms with E-state index in [0.29, 0.717) is 24.5 Å². The number of amides is 1. The Bertz CT molecular complexity index is 993. The zero-order chi connectivity index (χ0) is 19.9. The molecular weight excluding hydrogens is 374 g/mol. The molecule has 4 rings (SSSR count). The first-order valence-corrected chi connectivity index (χ1v) is 11.0. The summed E-state index contributed by atoms with van der Waals surface area (Å²) in [6.45, 7) is 3.26. The fraction of sp³-hybridized carbons (Fsp3) is 0.429. The van der Waals surface area contributed by atoms with Crippen molar-refractivity contribution < 1.29 is 13.2 Å². The Morgan fingerprint density at radius 3 is 2.82 bits per heavy atom. The van der Waals surface area contributed by atoms with Gasteiger partial charge in [0, 0.05) is 32.3 Å². The highest BCUT2D eigenvalue weighted by Gasteiger charge is 2.62. The second kappa shape index (κ2) is 6.97. The number of benzene rings is 1. The van der Waals surface area contributed by atoms with E-state index in [0.717, 1.165) is 24.1 Å². The van der Waals surface area contributed by atoms with Crippen LogP contribution in [0.3, 0.4) is 0 Å². The van der Waals surface area contributed by atoms with Crippen molar-refractivity contribution in [1.82, 2.24) is 14.2 Å². The maximum absolute atomic E-state index is 13.0. The molecule has 1 aliphatic carbocycles. The minimum absolute atomic E-state index is 0.0838. The van der Waals surface area contributed by atoms with Crippen molar-refractivity contribution in [1.29, 1.82) is 0 Å². The van der Waals surface area contributed by atoms with Crippen molar-refractivity contribution in [3.05, 3.63) is 59.9 Å². The molecular formula is C21H25N3O3S. The molecule has 1 aromatic carbocycles. The lowest BCUT2D eigenvalue weighted by atomic mass is 10.0. The molecule has 28 heavy (non-hydrogen) atoms. The molecule has 7 heteroatoms. The predicted octanol–water partition coefficient (Wildman–Crippen LogP) is 2.45. The molecule has 1 aliphatic heterocycles. The lowest BCUT2D eigenvalue weighted by Crippen LogP contribution is -2.32. The predicted molar refractivity (Wildman–Crippen MR) is 106 cm³/mol. The molecule has 1 amide bonds. The molecule has 1 spiro atoms. The number of nitrogens with zero attached hydrogens (tertiary/aromatic N) is 3. The summed E-state index contributed by atoms with van der Waals surface area (Å²) in [6, 6.07) is 12.7. The number of carbonyl (C=O) groups excluding carboxylic acids is 1. The van der Waals surface area contributed by atoms with Crippen molar-refractivity contribution >= 4 is 15.9 Å². The van der Waals surface area contributed by atoms with E-state index in [2.05, 4.69) is 4.98 Å². The van der Waals surface area contributed by atoms with Gasteiger partial charge in [-0.3, -0.25) is 9.78 Å². The van der Waals surface area contributed by atoms with E-state index in [4.69, 9.17) is 0 Å². The minimum atomic E-state index is -3.51. The summed E-state index contributed by atoms with van der Waals surface area (Å²) < 4.78 is 27.5. The summed E-state index contributed by atoms with van der Waals surface area (Å²) in [4.78, 5) is 19.2. The van der Waals surface area contributed by atoms with E-state index in [1.165, 1.54) is 0 Å². The van der Waals surface area contributed by atoms with Gasteiger partial charge in [-0.15, -0.1) is 0 Å². The van der Waals surface area contributed by atoms with E-state index < -0.39 is 10.0 Å². The van der Waals surface area contributed by atoms with Gasteiger partial charge in [0.15, 0.2) is 0 Å². The third kappa shape index (κ3) is 3.44. The van der Waals surface area contributed by atoms with Gasteiger partial charge in [0.05, 0.1) is 17.1 Å². The molecule has 0 N–H and O–H groups in total. The fourth-order valence-electron chi connectivity index (χ4n) is 4.21. The molecule has 2 atom stereocenters. The SMILES string of the molecule is Cc1cccc(S(=O)(=O)N2CC[C@]3(C[C@@H]3C(=O)N(C)Cc3ccccn3)C2)c1. The lowest BCUT2D eigenvalue weighted by molar-refractivity contribution is -0.132. The van der Waals surface area contributed by atoms with Gasteiger partial charge in [-0.1, -0.05) is 18.2 Å². The van der Waals surface area contributed by atoms with Crippen molar-refractivity contribution in [2.24, 2.45) is 11.3 Å². The minimum Gasteiger partial charge on any atom is -0.340 e. The summed E-state index contributed by atoms with van der Waals surface area (Å²) in [5.74, 6) is -0.0145. The highest BCUT2D eigenvalue weighted by Crippen LogP contribution is 2.59. The van der Waals surface area contributed by atoms with Crippen molar-refractivity contribution in [3.8, 4) is 0 Å². The number of sulfonamides is 1. The molecule has 0 radical (unpaired) electrons. The molecule has 0 bridgehead atoms. The van der Waals surface area contributed by atoms with Crippen LogP contribution in [0, 0.1) is 18.3 Å². The average molecular weight is 400 g/mol. The Labute approximate surface area is 166 Å². The van der Waals surface area contributed by atoms with E-state index in [1.807, 2.05) is 31.2 Å². The molecule has 2 aliphatic rings. The number of hydrogen-bond donors (Lipinski definition) is 0. The Kier molecular flexibility index (Phi) is 4.75. The highest BCUT2D eigenvalue weighted by molar-refractivity contribution is 7.89. The van der Waals surface area contributed by atoms with Gasteiger partial charge in [0.1, 0.15) is 0 Å². The normalized spacial score (nSPS) is 24.4. The average Bonchev–Trinajstić information content (AvgIpc) is 3.20. The molecule has 1 saturated carbocycles. The largest absolute Gasteiger partial charge is 0.340 e. The van der Waals surface area contributed by atoms with E-state index in [9.17, 15) is 13.2 Å². The van der Waals surface area contributed by atoms with Gasteiger partial charge in [0.2, 0.25) is 15.9 Å². The Morgan fingerprint density at radius 1 is 1.29 bits per heavy atom. The third-order valence-corrected chi connectivity index (χ3v) is 7.81. The van der Waals surface area contributed by atoms with E-state index in [1.54, 1.807) is 40.6 Å². The van der Waals surface area contributed by atoms with Gasteiger partial charge in [-0.2, -0.15) is 4.31 Å². The first kappa shape index (κ1) is 19.1. The number of aryl methyl sites for hydroxylation is 1. The zero-order valence-corrected chi connectivity index (χ0v) is 17.0. The first-order chi connectivity index (χ1) is 13.3. The number of carbonyl (C=O) groups is 1. The monoisotopic (exact) mass is 399 g/mol. The molecule has 148 valence electrons. The fourth-order valence-corrected chi connectivity index (χ4v) is 5.86. The first-order valence-electron chi connectivity index (χ1n) is 9.54. The standard InChI is InChI=1S/C21H25N3O3S/c1-16-6-5-8-18(12-16)28(26,27)24-11-9-21(15-24)13-19(21)20(25)23(2)14-17-7-3-4-10-22-17/h3-8,10,12,19H,9,11,13-15H2,1-2H3/t19-,21+/m1/s1. The van der Waals surface area contributed by atoms with Crippen LogP contribution in [0.1, 0.15) is 24.1 Å². The Hall–Kier alpha value is -2.25. The maximum atomic E-state index is 13.0. The van der Waals surface area contributed by atoms with Crippen LogP contribution < -0.4 is 0 Å². The topological polar surface area (TPSA) is 70.6 Å². The Balaban J connectivity index is 1.42. The van der Waals surface area contributed by atoms with Gasteiger partial charge < -0.3 is 4.90 Å². The van der Waals surface area contributed by atoms with Crippen molar-refractivity contribution in [3.63, 3.8) is 0 Å². The van der Waals surface area contributed by atoms with Crippen LogP contribution in [-0.4, -0.2) is 48.7 Å². The smallest absolute Gasteiger partial charge is 0.243 e. The van der Waals surface area contributed by atoms with Crippen LogP contribution >= 0.6 is 0 Å². The second-order valence-electron chi connectivity index (χ2n) is 8.04. The van der Waals surface area contributed by atoms with E-state index >= 15 is 0 Å². The number of rotatable bonds is 5. The third-order valence-electron chi connectivity index (χ3n) is 5.97. The lowest BCUT2D eigenvalue weighted by Gasteiger charge is -2.19. The summed E-state index contributed by atoms with van der Waals surface area (Å²) in [6.07, 6.45) is 3.22. The summed E-state index contributed by atoms with van der Waals surface area (Å²) in [5, 5.41) is 0. The van der Waals surface area contributed by atoms with Crippen LogP contribution in [-0.2, 0) is 21.4 Å². The van der Waals surface area contributed by atoms with E-state index in [-0.39, 0.29) is 17.2 Å². The van der Waals surface area contributed by atoms with Crippen LogP contribution in [0.5, 0.6) is 0 Å². The second-order valence-corrected chi connectivity index (χ2v) is 9.98.